The van der Waals surface area contributed by atoms with Gasteiger partial charge in [0.25, 0.3) is 5.56 Å². The fraction of sp³-hybridized carbons (Fsp3) is 0.400. The molecule has 0 atom stereocenters. The lowest BCUT2D eigenvalue weighted by atomic mass is 10.00. The molecule has 1 aromatic carbocycles. The SMILES string of the molecule is CCC.CCCc1cc(=O)n(C)c2c(O)c3[nH]c(=O)cc(C)c3cc12. The van der Waals surface area contributed by atoms with Crippen LogP contribution in [0, 0.1) is 6.92 Å². The van der Waals surface area contributed by atoms with Crippen molar-refractivity contribution < 1.29 is 5.11 Å². The Balaban J connectivity index is 0.000000701. The van der Waals surface area contributed by atoms with Gasteiger partial charge in [0.15, 0.2) is 5.75 Å². The van der Waals surface area contributed by atoms with E-state index in [0.717, 1.165) is 34.7 Å². The molecule has 0 aliphatic carbocycles. The van der Waals surface area contributed by atoms with Crippen LogP contribution in [0.15, 0.2) is 27.8 Å². The highest BCUT2D eigenvalue weighted by Gasteiger charge is 2.15. The topological polar surface area (TPSA) is 75.1 Å². The van der Waals surface area contributed by atoms with Gasteiger partial charge in [-0.3, -0.25) is 9.59 Å². The van der Waals surface area contributed by atoms with Crippen molar-refractivity contribution in [3.8, 4) is 5.75 Å². The summed E-state index contributed by atoms with van der Waals surface area (Å²) in [6, 6.07) is 5.08. The first kappa shape index (κ1) is 18.8. The van der Waals surface area contributed by atoms with Gasteiger partial charge in [-0.1, -0.05) is 33.6 Å². The van der Waals surface area contributed by atoms with Gasteiger partial charge >= 0.3 is 0 Å². The number of nitrogens with one attached hydrogen (secondary N) is 1. The van der Waals surface area contributed by atoms with E-state index in [4.69, 9.17) is 0 Å². The van der Waals surface area contributed by atoms with Crippen LogP contribution in [0.25, 0.3) is 21.8 Å². The van der Waals surface area contributed by atoms with Gasteiger partial charge < -0.3 is 14.7 Å². The Kier molecular flexibility index (Phi) is 5.67. The predicted octanol–water partition coefficient (Wildman–Crippen LogP) is 3.76. The molecule has 0 saturated carbocycles. The Morgan fingerprint density at radius 1 is 1.08 bits per heavy atom. The minimum absolute atomic E-state index is 0.0501. The number of aromatic nitrogens is 2. The summed E-state index contributed by atoms with van der Waals surface area (Å²) < 4.78 is 1.42. The zero-order valence-electron chi connectivity index (χ0n) is 15.6. The molecule has 2 heterocycles. The first-order valence-electron chi connectivity index (χ1n) is 8.73. The number of hydrogen-bond donors (Lipinski definition) is 2. The van der Waals surface area contributed by atoms with Crippen molar-refractivity contribution in [1.82, 2.24) is 9.55 Å². The molecule has 0 radical (unpaired) electrons. The number of H-pyrrole nitrogens is 1. The maximum Gasteiger partial charge on any atom is 0.251 e. The Bertz CT molecular complexity index is 1030. The predicted molar refractivity (Wildman–Crippen MR) is 104 cm³/mol. The van der Waals surface area contributed by atoms with Crippen LogP contribution in [0.3, 0.4) is 0 Å². The molecule has 0 aliphatic rings. The van der Waals surface area contributed by atoms with Crippen LogP contribution in [0.4, 0.5) is 0 Å². The molecule has 0 fully saturated rings. The molecule has 134 valence electrons. The molecule has 3 aromatic rings. The molecule has 5 heteroatoms. The number of aryl methyl sites for hydroxylation is 3. The lowest BCUT2D eigenvalue weighted by Crippen LogP contribution is -2.18. The fourth-order valence-electron chi connectivity index (χ4n) is 3.02. The van der Waals surface area contributed by atoms with Crippen LogP contribution < -0.4 is 11.1 Å². The maximum absolute atomic E-state index is 12.1. The van der Waals surface area contributed by atoms with E-state index in [1.807, 2.05) is 19.9 Å². The largest absolute Gasteiger partial charge is 0.504 e. The number of rotatable bonds is 2. The molecule has 3 rings (SSSR count). The van der Waals surface area contributed by atoms with Crippen molar-refractivity contribution in [2.24, 2.45) is 7.05 Å². The molecule has 0 saturated heterocycles. The van der Waals surface area contributed by atoms with Crippen LogP contribution in [-0.4, -0.2) is 14.7 Å². The Hall–Kier alpha value is -2.56. The number of aromatic hydroxyl groups is 1. The van der Waals surface area contributed by atoms with E-state index in [9.17, 15) is 14.7 Å². The number of phenolic OH excluding ortho intramolecular Hbond substituents is 1. The fourth-order valence-corrected chi connectivity index (χ4v) is 3.02. The normalized spacial score (nSPS) is 10.8. The summed E-state index contributed by atoms with van der Waals surface area (Å²) in [6.07, 6.45) is 2.92. The van der Waals surface area contributed by atoms with Gasteiger partial charge in [0.1, 0.15) is 0 Å². The molecule has 0 spiro atoms. The number of aromatic amines is 1. The molecule has 5 nitrogen and oxygen atoms in total. The van der Waals surface area contributed by atoms with Crippen molar-refractivity contribution in [3.05, 3.63) is 50.0 Å². The summed E-state index contributed by atoms with van der Waals surface area (Å²) >= 11 is 0. The molecule has 0 amide bonds. The zero-order valence-corrected chi connectivity index (χ0v) is 15.6. The van der Waals surface area contributed by atoms with E-state index in [1.165, 1.54) is 17.1 Å². The lowest BCUT2D eigenvalue weighted by molar-refractivity contribution is 0.483. The Morgan fingerprint density at radius 2 is 1.72 bits per heavy atom. The minimum Gasteiger partial charge on any atom is -0.504 e. The third-order valence-electron chi connectivity index (χ3n) is 4.12. The van der Waals surface area contributed by atoms with E-state index in [-0.39, 0.29) is 16.9 Å². The second kappa shape index (κ2) is 7.55. The van der Waals surface area contributed by atoms with Crippen LogP contribution in [0.5, 0.6) is 5.75 Å². The third kappa shape index (κ3) is 3.45. The molecule has 0 aliphatic heterocycles. The first-order chi connectivity index (χ1) is 11.8. The van der Waals surface area contributed by atoms with Crippen LogP contribution in [0.1, 0.15) is 44.7 Å². The number of fused-ring (bicyclic) bond motifs is 2. The standard InChI is InChI=1S/C17H18N2O3.C3H8/c1-4-5-10-7-14(21)19(3)16-12(10)8-11-9(2)6-13(20)18-15(11)17(16)22;1-3-2/h6-8,22H,4-5H2,1-3H3,(H,18,20);3H2,1-2H3. The van der Waals surface area contributed by atoms with Crippen molar-refractivity contribution >= 4 is 21.8 Å². The molecular weight excluding hydrogens is 316 g/mol. The van der Waals surface area contributed by atoms with E-state index >= 15 is 0 Å². The lowest BCUT2D eigenvalue weighted by Gasteiger charge is -2.14. The number of phenols is 1. The summed E-state index contributed by atoms with van der Waals surface area (Å²) in [5.41, 5.74) is 2.12. The monoisotopic (exact) mass is 342 g/mol. The van der Waals surface area contributed by atoms with Gasteiger partial charge in [-0.25, -0.2) is 0 Å². The Labute approximate surface area is 146 Å². The number of pyridine rings is 2. The number of hydrogen-bond acceptors (Lipinski definition) is 3. The maximum atomic E-state index is 12.1. The van der Waals surface area contributed by atoms with Gasteiger partial charge in [0.05, 0.1) is 11.0 Å². The first-order valence-corrected chi connectivity index (χ1v) is 8.73. The highest BCUT2D eigenvalue weighted by molar-refractivity contribution is 6.03. The molecule has 0 bridgehead atoms. The average Bonchev–Trinajstić information content (AvgIpc) is 2.54. The van der Waals surface area contributed by atoms with Crippen molar-refractivity contribution in [2.75, 3.05) is 0 Å². The van der Waals surface area contributed by atoms with Gasteiger partial charge in [0, 0.05) is 30.0 Å². The van der Waals surface area contributed by atoms with Gasteiger partial charge in [-0.05, 0) is 30.5 Å². The van der Waals surface area contributed by atoms with Crippen molar-refractivity contribution in [3.63, 3.8) is 0 Å². The smallest absolute Gasteiger partial charge is 0.251 e. The Morgan fingerprint density at radius 3 is 2.32 bits per heavy atom. The van der Waals surface area contributed by atoms with E-state index in [1.54, 1.807) is 13.1 Å². The second-order valence-corrected chi connectivity index (χ2v) is 6.38. The number of nitrogens with zero attached hydrogens (tertiary/aromatic N) is 1. The van der Waals surface area contributed by atoms with E-state index < -0.39 is 0 Å². The average molecular weight is 342 g/mol. The quantitative estimate of drug-likeness (QED) is 0.696. The van der Waals surface area contributed by atoms with Gasteiger partial charge in [-0.15, -0.1) is 0 Å². The van der Waals surface area contributed by atoms with Crippen LogP contribution in [-0.2, 0) is 13.5 Å². The third-order valence-corrected chi connectivity index (χ3v) is 4.12. The summed E-state index contributed by atoms with van der Waals surface area (Å²) in [6.45, 7) is 8.14. The molecule has 25 heavy (non-hydrogen) atoms. The summed E-state index contributed by atoms with van der Waals surface area (Å²) in [4.78, 5) is 26.5. The summed E-state index contributed by atoms with van der Waals surface area (Å²) in [7, 11) is 1.62. The zero-order chi connectivity index (χ0) is 18.7. The summed E-state index contributed by atoms with van der Waals surface area (Å²) in [5.74, 6) is -0.0501. The molecule has 2 aromatic heterocycles. The van der Waals surface area contributed by atoms with Crippen LogP contribution in [0.2, 0.25) is 0 Å². The minimum atomic E-state index is -0.269. The van der Waals surface area contributed by atoms with Crippen molar-refractivity contribution in [1.29, 1.82) is 0 Å². The van der Waals surface area contributed by atoms with E-state index in [2.05, 4.69) is 18.8 Å². The van der Waals surface area contributed by atoms with Crippen molar-refractivity contribution in [2.45, 2.75) is 47.0 Å². The van der Waals surface area contributed by atoms with Crippen LogP contribution >= 0.6 is 0 Å². The highest BCUT2D eigenvalue weighted by Crippen LogP contribution is 2.34. The van der Waals surface area contributed by atoms with E-state index in [0.29, 0.717) is 11.0 Å². The van der Waals surface area contributed by atoms with Gasteiger partial charge in [-0.2, -0.15) is 0 Å². The molecule has 0 unspecified atom stereocenters. The second-order valence-electron chi connectivity index (χ2n) is 6.38. The highest BCUT2D eigenvalue weighted by atomic mass is 16.3. The van der Waals surface area contributed by atoms with Gasteiger partial charge in [0.2, 0.25) is 5.56 Å². The molecule has 2 N–H and O–H groups in total. The summed E-state index contributed by atoms with van der Waals surface area (Å²) in [5, 5.41) is 12.3. The molecular formula is C20H26N2O3. The number of benzene rings is 1.